The molecule has 0 aliphatic carbocycles. The number of aryl methyl sites for hydroxylation is 3. The fraction of sp³-hybridized carbons (Fsp3) is 0.111. The minimum Gasteiger partial charge on any atom is -0.451 e. The second-order valence-corrected chi connectivity index (χ2v) is 7.98. The zero-order valence-electron chi connectivity index (χ0n) is 18.1. The van der Waals surface area contributed by atoms with Gasteiger partial charge in [-0.1, -0.05) is 29.8 Å². The largest absolute Gasteiger partial charge is 0.451 e. The lowest BCUT2D eigenvalue weighted by Crippen LogP contribution is -2.10. The number of benzene rings is 3. The average Bonchev–Trinajstić information content (AvgIpc) is 3.43. The van der Waals surface area contributed by atoms with E-state index in [9.17, 15) is 4.79 Å². The van der Waals surface area contributed by atoms with Gasteiger partial charge in [0.1, 0.15) is 11.3 Å². The molecular formula is C27H22N2O3. The maximum atomic E-state index is 12.7. The number of hydrogen-bond donors (Lipinski definition) is 1. The van der Waals surface area contributed by atoms with E-state index in [2.05, 4.69) is 30.2 Å². The van der Waals surface area contributed by atoms with Crippen LogP contribution in [0.15, 0.2) is 81.6 Å². The molecule has 1 N–H and O–H groups in total. The second-order valence-electron chi connectivity index (χ2n) is 7.98. The molecule has 5 aromatic rings. The highest BCUT2D eigenvalue weighted by Crippen LogP contribution is 2.28. The summed E-state index contributed by atoms with van der Waals surface area (Å²) in [7, 11) is 0. The fourth-order valence-corrected chi connectivity index (χ4v) is 3.53. The van der Waals surface area contributed by atoms with Gasteiger partial charge < -0.3 is 14.2 Å². The molecule has 0 aliphatic heterocycles. The van der Waals surface area contributed by atoms with E-state index < -0.39 is 0 Å². The highest BCUT2D eigenvalue weighted by atomic mass is 16.4. The third-order valence-corrected chi connectivity index (χ3v) is 5.57. The molecule has 0 atom stereocenters. The summed E-state index contributed by atoms with van der Waals surface area (Å²) < 4.78 is 11.7. The third-order valence-electron chi connectivity index (χ3n) is 5.57. The molecule has 32 heavy (non-hydrogen) atoms. The lowest BCUT2D eigenvalue weighted by Gasteiger charge is -2.04. The highest BCUT2D eigenvalue weighted by Gasteiger charge is 2.14. The first-order valence-electron chi connectivity index (χ1n) is 10.4. The first-order valence-corrected chi connectivity index (χ1v) is 10.4. The molecule has 0 spiro atoms. The van der Waals surface area contributed by atoms with Gasteiger partial charge in [0.15, 0.2) is 11.3 Å². The predicted octanol–water partition coefficient (Wildman–Crippen LogP) is 6.93. The molecule has 5 heteroatoms. The van der Waals surface area contributed by atoms with E-state index in [1.54, 1.807) is 24.3 Å². The number of fused-ring (bicyclic) bond motifs is 1. The van der Waals surface area contributed by atoms with Crippen LogP contribution in [0.4, 0.5) is 5.69 Å². The zero-order valence-corrected chi connectivity index (χ0v) is 18.1. The van der Waals surface area contributed by atoms with Gasteiger partial charge in [0.25, 0.3) is 5.91 Å². The molecule has 0 unspecified atom stereocenters. The summed E-state index contributed by atoms with van der Waals surface area (Å²) in [4.78, 5) is 17.3. The topological polar surface area (TPSA) is 68.3 Å². The number of anilines is 1. The second kappa shape index (κ2) is 7.85. The van der Waals surface area contributed by atoms with Gasteiger partial charge >= 0.3 is 0 Å². The van der Waals surface area contributed by atoms with E-state index in [0.29, 0.717) is 28.4 Å². The number of nitrogens with zero attached hydrogens (tertiary/aromatic N) is 1. The molecule has 0 saturated carbocycles. The van der Waals surface area contributed by atoms with E-state index in [4.69, 9.17) is 8.83 Å². The van der Waals surface area contributed by atoms with Gasteiger partial charge in [-0.15, -0.1) is 0 Å². The molecule has 3 aromatic carbocycles. The van der Waals surface area contributed by atoms with Crippen molar-refractivity contribution in [3.63, 3.8) is 0 Å². The van der Waals surface area contributed by atoms with Crippen LogP contribution in [-0.4, -0.2) is 10.9 Å². The molecular weight excluding hydrogens is 400 g/mol. The number of furan rings is 1. The number of rotatable bonds is 4. The Kier molecular flexibility index (Phi) is 4.86. The number of oxazole rings is 1. The highest BCUT2D eigenvalue weighted by molar-refractivity contribution is 6.03. The van der Waals surface area contributed by atoms with Crippen LogP contribution in [0, 0.1) is 20.8 Å². The Morgan fingerprint density at radius 2 is 1.56 bits per heavy atom. The number of hydrogen-bond acceptors (Lipinski definition) is 4. The summed E-state index contributed by atoms with van der Waals surface area (Å²) in [6.45, 7) is 6.16. The van der Waals surface area contributed by atoms with Crippen molar-refractivity contribution in [2.24, 2.45) is 0 Å². The van der Waals surface area contributed by atoms with Crippen LogP contribution in [0.25, 0.3) is 33.9 Å². The molecule has 0 bridgehead atoms. The van der Waals surface area contributed by atoms with Gasteiger partial charge in [0, 0.05) is 16.8 Å². The summed E-state index contributed by atoms with van der Waals surface area (Å²) in [5.74, 6) is 1.14. The van der Waals surface area contributed by atoms with Crippen molar-refractivity contribution in [1.29, 1.82) is 0 Å². The van der Waals surface area contributed by atoms with Crippen LogP contribution in [0.5, 0.6) is 0 Å². The summed E-state index contributed by atoms with van der Waals surface area (Å²) in [5.41, 5.74) is 7.38. The Bertz CT molecular complexity index is 1440. The molecule has 0 fully saturated rings. The quantitative estimate of drug-likeness (QED) is 0.341. The van der Waals surface area contributed by atoms with Gasteiger partial charge in [-0.2, -0.15) is 0 Å². The number of carbonyl (C=O) groups is 1. The summed E-state index contributed by atoms with van der Waals surface area (Å²) in [5, 5.41) is 2.88. The Morgan fingerprint density at radius 1 is 0.781 bits per heavy atom. The molecule has 0 aliphatic rings. The molecule has 158 valence electrons. The zero-order chi connectivity index (χ0) is 22.2. The average molecular weight is 422 g/mol. The SMILES string of the molecule is Cc1ccc(-c2nc3cc(NC(=O)c4ccc(-c5ccc(C)c(C)c5)o4)ccc3o2)cc1. The van der Waals surface area contributed by atoms with Crippen molar-refractivity contribution in [1.82, 2.24) is 4.98 Å². The van der Waals surface area contributed by atoms with Crippen LogP contribution in [-0.2, 0) is 0 Å². The van der Waals surface area contributed by atoms with Gasteiger partial charge in [0.2, 0.25) is 5.89 Å². The summed E-state index contributed by atoms with van der Waals surface area (Å²) in [6.07, 6.45) is 0. The number of amides is 1. The Labute approximate surface area is 185 Å². The van der Waals surface area contributed by atoms with Crippen LogP contribution in [0.2, 0.25) is 0 Å². The van der Waals surface area contributed by atoms with E-state index in [0.717, 1.165) is 11.1 Å². The minimum absolute atomic E-state index is 0.249. The van der Waals surface area contributed by atoms with Crippen LogP contribution in [0.1, 0.15) is 27.2 Å². The van der Waals surface area contributed by atoms with Crippen molar-refractivity contribution in [3.05, 3.63) is 95.2 Å². The van der Waals surface area contributed by atoms with Crippen molar-refractivity contribution in [2.75, 3.05) is 5.32 Å². The van der Waals surface area contributed by atoms with Gasteiger partial charge in [-0.25, -0.2) is 4.98 Å². The van der Waals surface area contributed by atoms with E-state index in [1.165, 1.54) is 16.7 Å². The third kappa shape index (κ3) is 3.81. The van der Waals surface area contributed by atoms with Crippen molar-refractivity contribution in [3.8, 4) is 22.8 Å². The van der Waals surface area contributed by atoms with Crippen LogP contribution in [0.3, 0.4) is 0 Å². The Balaban J connectivity index is 1.36. The molecule has 2 aromatic heterocycles. The predicted molar refractivity (Wildman–Crippen MR) is 126 cm³/mol. The lowest BCUT2D eigenvalue weighted by atomic mass is 10.1. The van der Waals surface area contributed by atoms with Gasteiger partial charge in [-0.05, 0) is 80.4 Å². The molecule has 0 saturated heterocycles. The number of aromatic nitrogens is 1. The monoisotopic (exact) mass is 422 g/mol. The molecule has 5 rings (SSSR count). The maximum Gasteiger partial charge on any atom is 0.291 e. The van der Waals surface area contributed by atoms with Gasteiger partial charge in [0.05, 0.1) is 0 Å². The number of carbonyl (C=O) groups excluding carboxylic acids is 1. The summed E-state index contributed by atoms with van der Waals surface area (Å²) >= 11 is 0. The molecule has 0 radical (unpaired) electrons. The van der Waals surface area contributed by atoms with Crippen LogP contribution < -0.4 is 5.32 Å². The smallest absolute Gasteiger partial charge is 0.291 e. The summed E-state index contributed by atoms with van der Waals surface area (Å²) in [6, 6.07) is 23.0. The maximum absolute atomic E-state index is 12.7. The van der Waals surface area contributed by atoms with Crippen molar-refractivity contribution in [2.45, 2.75) is 20.8 Å². The van der Waals surface area contributed by atoms with E-state index in [-0.39, 0.29) is 11.7 Å². The fourth-order valence-electron chi connectivity index (χ4n) is 3.53. The van der Waals surface area contributed by atoms with Crippen molar-refractivity contribution < 1.29 is 13.6 Å². The van der Waals surface area contributed by atoms with E-state index in [1.807, 2.05) is 49.4 Å². The Hall–Kier alpha value is -4.12. The van der Waals surface area contributed by atoms with Crippen molar-refractivity contribution >= 4 is 22.7 Å². The molecule has 2 heterocycles. The number of nitrogens with one attached hydrogen (secondary N) is 1. The normalized spacial score (nSPS) is 11.1. The first kappa shape index (κ1) is 19.8. The molecule has 5 nitrogen and oxygen atoms in total. The van der Waals surface area contributed by atoms with E-state index >= 15 is 0 Å². The standard InChI is InChI=1S/C27H22N2O3/c1-16-4-7-19(8-5-16)27-29-22-15-21(10-11-24(22)32-27)28-26(30)25-13-12-23(31-25)20-9-6-17(2)18(3)14-20/h4-15H,1-3H3,(H,28,30). The minimum atomic E-state index is -0.318. The first-order chi connectivity index (χ1) is 15.5. The van der Waals surface area contributed by atoms with Crippen LogP contribution >= 0.6 is 0 Å². The Morgan fingerprint density at radius 3 is 2.34 bits per heavy atom. The lowest BCUT2D eigenvalue weighted by molar-refractivity contribution is 0.0997. The molecule has 1 amide bonds. The van der Waals surface area contributed by atoms with Gasteiger partial charge in [-0.3, -0.25) is 4.79 Å².